The molecule has 0 N–H and O–H groups in total. The Bertz CT molecular complexity index is 472. The fourth-order valence-corrected chi connectivity index (χ4v) is 3.79. The molecule has 0 spiro atoms. The number of hydrogen-bond acceptors (Lipinski definition) is 1. The first-order valence-corrected chi connectivity index (χ1v) is 7.45. The minimum atomic E-state index is 0.378. The zero-order chi connectivity index (χ0) is 12.9. The van der Waals surface area contributed by atoms with Gasteiger partial charge in [0.25, 0.3) is 0 Å². The normalized spacial score (nSPS) is 30.8. The summed E-state index contributed by atoms with van der Waals surface area (Å²) in [6, 6.07) is 6.17. The molecule has 3 rings (SSSR count). The zero-order valence-corrected chi connectivity index (χ0v) is 12.4. The summed E-state index contributed by atoms with van der Waals surface area (Å²) in [7, 11) is 0. The Morgan fingerprint density at radius 1 is 1.33 bits per heavy atom. The van der Waals surface area contributed by atoms with Crippen LogP contribution in [0.5, 0.6) is 0 Å². The van der Waals surface area contributed by atoms with Crippen LogP contribution in [-0.2, 0) is 5.41 Å². The number of halogens is 2. The number of nitrogens with zero attached hydrogens (tertiary/aromatic N) is 1. The van der Waals surface area contributed by atoms with Crippen molar-refractivity contribution in [1.29, 1.82) is 0 Å². The summed E-state index contributed by atoms with van der Waals surface area (Å²) in [5.74, 6) is 1.57. The molecule has 1 saturated carbocycles. The first-order valence-electron chi connectivity index (χ1n) is 6.69. The minimum Gasteiger partial charge on any atom is -0.302 e. The van der Waals surface area contributed by atoms with Gasteiger partial charge in [-0.3, -0.25) is 0 Å². The molecule has 18 heavy (non-hydrogen) atoms. The molecule has 1 heterocycles. The summed E-state index contributed by atoms with van der Waals surface area (Å²) >= 11 is 12.1. The highest BCUT2D eigenvalue weighted by atomic mass is 35.5. The topological polar surface area (TPSA) is 3.24 Å². The Morgan fingerprint density at radius 2 is 2.11 bits per heavy atom. The van der Waals surface area contributed by atoms with Crippen molar-refractivity contribution in [2.24, 2.45) is 11.8 Å². The average molecular weight is 284 g/mol. The number of likely N-dealkylation sites (tertiary alicyclic amines) is 1. The van der Waals surface area contributed by atoms with Gasteiger partial charge in [-0.1, -0.05) is 43.1 Å². The molecule has 98 valence electrons. The molecule has 1 aromatic rings. The third-order valence-corrected chi connectivity index (χ3v) is 5.07. The van der Waals surface area contributed by atoms with Crippen molar-refractivity contribution >= 4 is 23.2 Å². The van der Waals surface area contributed by atoms with Crippen LogP contribution in [0.1, 0.15) is 25.8 Å². The van der Waals surface area contributed by atoms with Gasteiger partial charge in [-0.05, 0) is 36.0 Å². The van der Waals surface area contributed by atoms with E-state index in [9.17, 15) is 0 Å². The second-order valence-electron chi connectivity index (χ2n) is 6.27. The molecule has 1 aliphatic carbocycles. The minimum absolute atomic E-state index is 0.378. The Labute approximate surface area is 119 Å². The number of fused-ring (bicyclic) bond motifs is 1. The molecule has 0 radical (unpaired) electrons. The van der Waals surface area contributed by atoms with Crippen molar-refractivity contribution < 1.29 is 0 Å². The Hall–Kier alpha value is -0.240. The summed E-state index contributed by atoms with van der Waals surface area (Å²) < 4.78 is 0. The maximum atomic E-state index is 6.15. The van der Waals surface area contributed by atoms with Crippen molar-refractivity contribution in [3.63, 3.8) is 0 Å². The lowest BCUT2D eigenvalue weighted by atomic mass is 9.95. The van der Waals surface area contributed by atoms with Crippen molar-refractivity contribution in [1.82, 2.24) is 4.90 Å². The van der Waals surface area contributed by atoms with Crippen molar-refractivity contribution in [2.45, 2.75) is 25.7 Å². The van der Waals surface area contributed by atoms with Gasteiger partial charge in [0, 0.05) is 25.0 Å². The number of rotatable bonds is 3. The van der Waals surface area contributed by atoms with E-state index >= 15 is 0 Å². The van der Waals surface area contributed by atoms with E-state index in [-0.39, 0.29) is 0 Å². The molecule has 2 fully saturated rings. The fraction of sp³-hybridized carbons (Fsp3) is 0.600. The van der Waals surface area contributed by atoms with Crippen LogP contribution in [0.15, 0.2) is 18.2 Å². The van der Waals surface area contributed by atoms with Gasteiger partial charge in [0.15, 0.2) is 0 Å². The monoisotopic (exact) mass is 283 g/mol. The molecule has 0 aromatic heterocycles. The maximum Gasteiger partial charge on any atom is 0.0595 e. The van der Waals surface area contributed by atoms with E-state index in [1.165, 1.54) is 31.6 Å². The quantitative estimate of drug-likeness (QED) is 0.803. The molecular weight excluding hydrogens is 265 g/mol. The van der Waals surface area contributed by atoms with Crippen molar-refractivity contribution in [3.8, 4) is 0 Å². The third-order valence-electron chi connectivity index (χ3n) is 4.33. The van der Waals surface area contributed by atoms with E-state index in [0.717, 1.165) is 11.8 Å². The zero-order valence-electron chi connectivity index (χ0n) is 10.9. The first-order chi connectivity index (χ1) is 8.51. The van der Waals surface area contributed by atoms with Crippen LogP contribution in [0.4, 0.5) is 0 Å². The first kappa shape index (κ1) is 12.8. The predicted octanol–water partition coefficient (Wildman–Crippen LogP) is 4.22. The van der Waals surface area contributed by atoms with Gasteiger partial charge in [-0.15, -0.1) is 0 Å². The lowest BCUT2D eigenvalue weighted by molar-refractivity contribution is 0.265. The van der Waals surface area contributed by atoms with Crippen LogP contribution in [0.25, 0.3) is 0 Å². The Balaban J connectivity index is 1.79. The van der Waals surface area contributed by atoms with Crippen molar-refractivity contribution in [3.05, 3.63) is 33.8 Å². The van der Waals surface area contributed by atoms with Crippen LogP contribution in [0.3, 0.4) is 0 Å². The van der Waals surface area contributed by atoms with Crippen molar-refractivity contribution in [2.75, 3.05) is 19.6 Å². The van der Waals surface area contributed by atoms with Gasteiger partial charge < -0.3 is 4.90 Å². The lowest BCUT2D eigenvalue weighted by Crippen LogP contribution is -2.29. The smallest absolute Gasteiger partial charge is 0.0595 e. The fourth-order valence-electron chi connectivity index (χ4n) is 3.50. The largest absolute Gasteiger partial charge is 0.302 e. The second kappa shape index (κ2) is 4.40. The SMILES string of the molecule is CC(C)CN1CC2C[C@]2(c2ccc(Cl)c(Cl)c2)C1. The van der Waals surface area contributed by atoms with Gasteiger partial charge >= 0.3 is 0 Å². The third kappa shape index (κ3) is 2.07. The maximum absolute atomic E-state index is 6.15. The van der Waals surface area contributed by atoms with Gasteiger partial charge in [0.1, 0.15) is 0 Å². The van der Waals surface area contributed by atoms with Crippen LogP contribution in [-0.4, -0.2) is 24.5 Å². The molecule has 0 amide bonds. The van der Waals surface area contributed by atoms with Gasteiger partial charge in [0.2, 0.25) is 0 Å². The van der Waals surface area contributed by atoms with E-state index in [1.54, 1.807) is 0 Å². The molecule has 2 atom stereocenters. The van der Waals surface area contributed by atoms with Gasteiger partial charge in [-0.25, -0.2) is 0 Å². The molecule has 1 nitrogen and oxygen atoms in total. The Morgan fingerprint density at radius 3 is 2.78 bits per heavy atom. The number of hydrogen-bond donors (Lipinski definition) is 0. The van der Waals surface area contributed by atoms with E-state index in [2.05, 4.69) is 30.9 Å². The molecule has 1 unspecified atom stereocenters. The number of piperidine rings is 1. The summed E-state index contributed by atoms with van der Waals surface area (Å²) in [6.07, 6.45) is 1.32. The lowest BCUT2D eigenvalue weighted by Gasteiger charge is -2.22. The van der Waals surface area contributed by atoms with Gasteiger partial charge in [-0.2, -0.15) is 0 Å². The second-order valence-corrected chi connectivity index (χ2v) is 7.09. The molecule has 1 saturated heterocycles. The van der Waals surface area contributed by atoms with Gasteiger partial charge in [0.05, 0.1) is 10.0 Å². The van der Waals surface area contributed by atoms with Crippen LogP contribution < -0.4 is 0 Å². The highest BCUT2D eigenvalue weighted by molar-refractivity contribution is 6.42. The van der Waals surface area contributed by atoms with E-state index in [0.29, 0.717) is 15.5 Å². The molecule has 1 aromatic carbocycles. The standard InChI is InChI=1S/C15H19Cl2N/c1-10(2)7-18-8-12-6-15(12,9-18)11-3-4-13(16)14(17)5-11/h3-5,10,12H,6-9H2,1-2H3/t12?,15-/m1/s1. The van der Waals surface area contributed by atoms with E-state index < -0.39 is 0 Å². The molecule has 0 bridgehead atoms. The van der Waals surface area contributed by atoms with E-state index in [4.69, 9.17) is 23.2 Å². The Kier molecular flexibility index (Phi) is 3.12. The summed E-state index contributed by atoms with van der Waals surface area (Å²) in [6.45, 7) is 8.22. The highest BCUT2D eigenvalue weighted by Gasteiger charge is 2.60. The van der Waals surface area contributed by atoms with Crippen LogP contribution >= 0.6 is 23.2 Å². The summed E-state index contributed by atoms with van der Waals surface area (Å²) in [5.41, 5.74) is 1.76. The molecule has 2 aliphatic rings. The van der Waals surface area contributed by atoms with Crippen LogP contribution in [0, 0.1) is 11.8 Å². The average Bonchev–Trinajstić information content (AvgIpc) is 2.86. The summed E-state index contributed by atoms with van der Waals surface area (Å²) in [4.78, 5) is 2.60. The summed E-state index contributed by atoms with van der Waals surface area (Å²) in [5, 5.41) is 1.35. The molecule has 3 heteroatoms. The van der Waals surface area contributed by atoms with E-state index in [1.807, 2.05) is 6.07 Å². The number of benzene rings is 1. The molecular formula is C15H19Cl2N. The highest BCUT2D eigenvalue weighted by Crippen LogP contribution is 2.59. The van der Waals surface area contributed by atoms with Crippen LogP contribution in [0.2, 0.25) is 10.0 Å². The predicted molar refractivity (Wildman–Crippen MR) is 77.5 cm³/mol. The molecule has 1 aliphatic heterocycles.